The first-order valence-corrected chi connectivity index (χ1v) is 7.33. The maximum atomic E-state index is 12.9. The number of carbonyl (C=O) groups is 3. The number of benzene rings is 1. The highest BCUT2D eigenvalue weighted by atomic mass is 19.1. The van der Waals surface area contributed by atoms with Crippen molar-refractivity contribution in [2.75, 3.05) is 5.32 Å². The lowest BCUT2D eigenvalue weighted by Crippen LogP contribution is -2.47. The van der Waals surface area contributed by atoms with Gasteiger partial charge in [0.2, 0.25) is 17.5 Å². The average molecular weight is 303 g/mol. The summed E-state index contributed by atoms with van der Waals surface area (Å²) in [7, 11) is 0. The van der Waals surface area contributed by atoms with E-state index < -0.39 is 39.5 Å². The number of hydrogen-bond donors (Lipinski definition) is 1. The minimum Gasteiger partial charge on any atom is -0.325 e. The Balaban J connectivity index is 1.99. The zero-order valence-corrected chi connectivity index (χ0v) is 12.8. The second-order valence-electron chi connectivity index (χ2n) is 6.98. The van der Waals surface area contributed by atoms with Crippen LogP contribution in [-0.2, 0) is 14.4 Å². The molecular formula is C17H18FNO3. The molecule has 0 radical (unpaired) electrons. The Bertz CT molecular complexity index is 694. The molecular weight excluding hydrogens is 285 g/mol. The molecule has 2 fully saturated rings. The van der Waals surface area contributed by atoms with Crippen molar-refractivity contribution in [3.05, 3.63) is 30.1 Å². The van der Waals surface area contributed by atoms with Crippen LogP contribution in [-0.4, -0.2) is 17.5 Å². The quantitative estimate of drug-likeness (QED) is 0.675. The Morgan fingerprint density at radius 1 is 1.05 bits per heavy atom. The third-order valence-corrected chi connectivity index (χ3v) is 6.03. The highest BCUT2D eigenvalue weighted by Crippen LogP contribution is 2.69. The van der Waals surface area contributed by atoms with Crippen LogP contribution in [0.4, 0.5) is 10.1 Å². The number of amides is 1. The van der Waals surface area contributed by atoms with E-state index in [0.717, 1.165) is 0 Å². The summed E-state index contributed by atoms with van der Waals surface area (Å²) in [4.78, 5) is 37.7. The Morgan fingerprint density at radius 3 is 2.14 bits per heavy atom. The molecule has 0 saturated heterocycles. The third kappa shape index (κ3) is 1.49. The number of hydrogen-bond acceptors (Lipinski definition) is 3. The molecule has 2 atom stereocenters. The number of Topliss-reactive ketones (excluding diaryl/α,β-unsaturated/α-hetero) is 2. The van der Waals surface area contributed by atoms with Gasteiger partial charge < -0.3 is 5.32 Å². The van der Waals surface area contributed by atoms with Crippen molar-refractivity contribution in [1.82, 2.24) is 0 Å². The van der Waals surface area contributed by atoms with Gasteiger partial charge in [-0.05, 0) is 42.5 Å². The summed E-state index contributed by atoms with van der Waals surface area (Å²) >= 11 is 0. The van der Waals surface area contributed by atoms with Gasteiger partial charge >= 0.3 is 0 Å². The number of fused-ring (bicyclic) bond motifs is 2. The number of halogens is 1. The summed E-state index contributed by atoms with van der Waals surface area (Å²) in [6.07, 6.45) is 0.898. The van der Waals surface area contributed by atoms with E-state index in [2.05, 4.69) is 5.32 Å². The lowest BCUT2D eigenvalue weighted by atomic mass is 9.64. The van der Waals surface area contributed by atoms with Crippen molar-refractivity contribution in [2.45, 2.75) is 33.6 Å². The molecule has 2 saturated carbocycles. The number of rotatable bonds is 2. The van der Waals surface area contributed by atoms with E-state index >= 15 is 0 Å². The summed E-state index contributed by atoms with van der Waals surface area (Å²) < 4.78 is 12.9. The monoisotopic (exact) mass is 303 g/mol. The standard InChI is InChI=1S/C17H18FNO3/c1-15(2)16(3)8-9-17(15,13(21)12(16)20)14(22)19-11-6-4-10(18)5-7-11/h4-7H,8-9H2,1-3H3,(H,19,22)/t16-,17+/m0/s1. The van der Waals surface area contributed by atoms with E-state index in [1.54, 1.807) is 6.92 Å². The summed E-state index contributed by atoms with van der Waals surface area (Å²) in [6.45, 7) is 5.40. The number of nitrogens with one attached hydrogen (secondary N) is 1. The van der Waals surface area contributed by atoms with E-state index in [1.165, 1.54) is 24.3 Å². The predicted octanol–water partition coefficient (Wildman–Crippen LogP) is 2.73. The van der Waals surface area contributed by atoms with Crippen LogP contribution >= 0.6 is 0 Å². The Kier molecular flexibility index (Phi) is 2.87. The molecule has 1 N–H and O–H groups in total. The molecule has 5 heteroatoms. The largest absolute Gasteiger partial charge is 0.325 e. The first-order chi connectivity index (χ1) is 10.2. The van der Waals surface area contributed by atoms with Crippen LogP contribution in [0.2, 0.25) is 0 Å². The SMILES string of the molecule is CC1(C)[C@]2(C(=O)Nc3ccc(F)cc3)CC[C@@]1(C)C(=O)C2=O. The fourth-order valence-electron chi connectivity index (χ4n) is 4.04. The van der Waals surface area contributed by atoms with Crippen LogP contribution in [0, 0.1) is 22.1 Å². The minimum absolute atomic E-state index is 0.369. The van der Waals surface area contributed by atoms with Crippen LogP contribution in [0.3, 0.4) is 0 Å². The van der Waals surface area contributed by atoms with Gasteiger partial charge in [-0.3, -0.25) is 14.4 Å². The van der Waals surface area contributed by atoms with Gasteiger partial charge in [0, 0.05) is 11.1 Å². The highest BCUT2D eigenvalue weighted by molar-refractivity contribution is 6.49. The minimum atomic E-state index is -1.33. The van der Waals surface area contributed by atoms with E-state index in [9.17, 15) is 18.8 Å². The Hall–Kier alpha value is -2.04. The van der Waals surface area contributed by atoms with Gasteiger partial charge in [0.15, 0.2) is 0 Å². The molecule has 1 aromatic carbocycles. The molecule has 0 heterocycles. The van der Waals surface area contributed by atoms with Crippen molar-refractivity contribution < 1.29 is 18.8 Å². The lowest BCUT2D eigenvalue weighted by molar-refractivity contribution is -0.147. The van der Waals surface area contributed by atoms with E-state index in [1.807, 2.05) is 13.8 Å². The van der Waals surface area contributed by atoms with Crippen LogP contribution in [0.1, 0.15) is 33.6 Å². The summed E-state index contributed by atoms with van der Waals surface area (Å²) in [5.41, 5.74) is -2.44. The van der Waals surface area contributed by atoms with Gasteiger partial charge in [0.05, 0.1) is 0 Å². The smallest absolute Gasteiger partial charge is 0.239 e. The van der Waals surface area contributed by atoms with Crippen molar-refractivity contribution in [3.8, 4) is 0 Å². The average Bonchev–Trinajstić information content (AvgIpc) is 2.74. The van der Waals surface area contributed by atoms with Crippen molar-refractivity contribution in [1.29, 1.82) is 0 Å². The van der Waals surface area contributed by atoms with Crippen LogP contribution in [0.25, 0.3) is 0 Å². The molecule has 2 bridgehead atoms. The molecule has 116 valence electrons. The molecule has 0 spiro atoms. The zero-order chi connectivity index (χ0) is 16.3. The maximum Gasteiger partial charge on any atom is 0.239 e. The van der Waals surface area contributed by atoms with Gasteiger partial charge in [-0.2, -0.15) is 0 Å². The van der Waals surface area contributed by atoms with Gasteiger partial charge in [-0.1, -0.05) is 20.8 Å². The second-order valence-corrected chi connectivity index (χ2v) is 6.98. The fourth-order valence-corrected chi connectivity index (χ4v) is 4.04. The number of ketones is 2. The van der Waals surface area contributed by atoms with Crippen LogP contribution in [0.5, 0.6) is 0 Å². The molecule has 3 rings (SSSR count). The van der Waals surface area contributed by atoms with Gasteiger partial charge in [-0.25, -0.2) is 4.39 Å². The predicted molar refractivity (Wildman–Crippen MR) is 78.6 cm³/mol. The topological polar surface area (TPSA) is 63.2 Å². The summed E-state index contributed by atoms with van der Waals surface area (Å²) in [6, 6.07) is 5.34. The molecule has 1 amide bonds. The van der Waals surface area contributed by atoms with Crippen molar-refractivity contribution in [2.24, 2.45) is 16.2 Å². The Labute approximate surface area is 128 Å². The summed E-state index contributed by atoms with van der Waals surface area (Å²) in [5.74, 6) is -1.91. The van der Waals surface area contributed by atoms with Gasteiger partial charge in [0.1, 0.15) is 11.2 Å². The van der Waals surface area contributed by atoms with Crippen molar-refractivity contribution in [3.63, 3.8) is 0 Å². The second kappa shape index (κ2) is 4.24. The van der Waals surface area contributed by atoms with E-state index in [0.29, 0.717) is 18.5 Å². The van der Waals surface area contributed by atoms with Crippen LogP contribution < -0.4 is 5.32 Å². The van der Waals surface area contributed by atoms with Crippen LogP contribution in [0.15, 0.2) is 24.3 Å². The normalized spacial score (nSPS) is 32.4. The zero-order valence-electron chi connectivity index (χ0n) is 12.8. The number of carbonyl (C=O) groups excluding carboxylic acids is 3. The van der Waals surface area contributed by atoms with Crippen molar-refractivity contribution >= 4 is 23.2 Å². The molecule has 2 aliphatic rings. The van der Waals surface area contributed by atoms with Gasteiger partial charge in [0.25, 0.3) is 0 Å². The number of anilines is 1. The molecule has 0 unspecified atom stereocenters. The maximum absolute atomic E-state index is 12.9. The first-order valence-electron chi connectivity index (χ1n) is 7.33. The molecule has 0 aliphatic heterocycles. The third-order valence-electron chi connectivity index (χ3n) is 6.03. The summed E-state index contributed by atoms with van der Waals surface area (Å²) in [5, 5.41) is 2.67. The molecule has 0 aromatic heterocycles. The van der Waals surface area contributed by atoms with E-state index in [4.69, 9.17) is 0 Å². The van der Waals surface area contributed by atoms with E-state index in [-0.39, 0.29) is 0 Å². The molecule has 22 heavy (non-hydrogen) atoms. The Morgan fingerprint density at radius 2 is 1.64 bits per heavy atom. The van der Waals surface area contributed by atoms with Gasteiger partial charge in [-0.15, -0.1) is 0 Å². The first kappa shape index (κ1) is 14.9. The lowest BCUT2D eigenvalue weighted by Gasteiger charge is -2.37. The molecule has 1 aromatic rings. The molecule has 4 nitrogen and oxygen atoms in total. The highest BCUT2D eigenvalue weighted by Gasteiger charge is 2.77. The molecule has 2 aliphatic carbocycles. The fraction of sp³-hybridized carbons (Fsp3) is 0.471.